The molecular weight excluding hydrogens is 601 g/mol. The molecule has 2 fully saturated rings. The van der Waals surface area contributed by atoms with Crippen molar-refractivity contribution < 1.29 is 41.7 Å². The Hall–Kier alpha value is -2.88. The van der Waals surface area contributed by atoms with Crippen LogP contribution in [-0.4, -0.2) is 87.9 Å². The van der Waals surface area contributed by atoms with E-state index in [2.05, 4.69) is 16.0 Å². The molecule has 2 bridgehead atoms. The van der Waals surface area contributed by atoms with E-state index in [0.29, 0.717) is 31.5 Å². The van der Waals surface area contributed by atoms with Gasteiger partial charge in [-0.2, -0.15) is 0 Å². The SMILES string of the molecule is COCC(CCCF)(c1ccc(F)cc1)[C@H](NC(=O)O)C(=O)Nc1cccc(F)c1CC[C@H]1CNC2CCCS(O)(O)N1C2. The predicted molar refractivity (Wildman–Crippen MR) is 163 cm³/mol. The Kier molecular flexibility index (Phi) is 11.5. The van der Waals surface area contributed by atoms with Gasteiger partial charge in [0.1, 0.15) is 17.7 Å². The number of nitrogens with one attached hydrogen (secondary N) is 3. The van der Waals surface area contributed by atoms with E-state index >= 15 is 4.39 Å². The van der Waals surface area contributed by atoms with Gasteiger partial charge in [0.15, 0.2) is 0 Å². The summed E-state index contributed by atoms with van der Waals surface area (Å²) in [7, 11) is -1.60. The average Bonchev–Trinajstić information content (AvgIpc) is 3.10. The smallest absolute Gasteiger partial charge is 0.405 e. The van der Waals surface area contributed by atoms with Crippen LogP contribution in [0, 0.1) is 11.6 Å². The summed E-state index contributed by atoms with van der Waals surface area (Å²) in [6, 6.07) is 7.63. The van der Waals surface area contributed by atoms with Gasteiger partial charge in [-0.15, -0.1) is 10.8 Å². The van der Waals surface area contributed by atoms with Crippen molar-refractivity contribution in [3.63, 3.8) is 0 Å². The van der Waals surface area contributed by atoms with Crippen molar-refractivity contribution in [2.24, 2.45) is 0 Å². The lowest BCUT2D eigenvalue weighted by Crippen LogP contribution is -2.58. The highest BCUT2D eigenvalue weighted by Crippen LogP contribution is 2.49. The Morgan fingerprint density at radius 1 is 1.20 bits per heavy atom. The molecule has 6 N–H and O–H groups in total. The number of carbonyl (C=O) groups excluding carboxylic acids is 1. The first-order valence-corrected chi connectivity index (χ1v) is 16.3. The fourth-order valence-corrected chi connectivity index (χ4v) is 8.28. The third kappa shape index (κ3) is 7.85. The maximum Gasteiger partial charge on any atom is 0.405 e. The number of hydrogen-bond donors (Lipinski definition) is 6. The molecule has 0 spiro atoms. The molecule has 2 aromatic rings. The zero-order chi connectivity index (χ0) is 31.9. The molecule has 0 aromatic heterocycles. The quantitative estimate of drug-likeness (QED) is 0.181. The minimum absolute atomic E-state index is 0.0186. The first kappa shape index (κ1) is 34.0. The van der Waals surface area contributed by atoms with Gasteiger partial charge in [-0.05, 0) is 68.4 Å². The Bertz CT molecular complexity index is 1290. The van der Waals surface area contributed by atoms with Crippen LogP contribution in [0.3, 0.4) is 0 Å². The summed E-state index contributed by atoms with van der Waals surface area (Å²) in [5, 5.41) is 18.1. The number of carbonyl (C=O) groups is 2. The predicted octanol–water partition coefficient (Wildman–Crippen LogP) is 4.91. The fraction of sp³-hybridized carbons (Fsp3) is 0.533. The standard InChI is InChI=1S/C30H41F3N4O6S/c1-43-19-30(14-4-15-31,20-8-10-21(32)11-9-20)27(36-29(39)40)28(38)35-26-7-2-6-25(33)24(26)13-12-23-17-34-22-5-3-16-44(41,42)37(23)18-22/h2,6-11,22-23,27,34,36,41-42H,3-5,12-19H2,1H3,(H,35,38)(H,39,40)/t22?,23-,27+,30?/m0/s1. The topological polar surface area (TPSA) is 143 Å². The Balaban J connectivity index is 1.63. The second kappa shape index (κ2) is 14.9. The number of anilines is 1. The van der Waals surface area contributed by atoms with Crippen LogP contribution in [0.4, 0.5) is 23.7 Å². The molecule has 0 saturated carbocycles. The second-order valence-corrected chi connectivity index (χ2v) is 13.5. The molecule has 10 nitrogen and oxygen atoms in total. The third-order valence-corrected chi connectivity index (χ3v) is 10.6. The summed E-state index contributed by atoms with van der Waals surface area (Å²) in [4.78, 5) is 25.9. The number of hydrogen-bond acceptors (Lipinski definition) is 7. The average molecular weight is 643 g/mol. The number of halogens is 3. The van der Waals surface area contributed by atoms with Gasteiger partial charge in [0, 0.05) is 48.9 Å². The van der Waals surface area contributed by atoms with E-state index < -0.39 is 52.5 Å². The van der Waals surface area contributed by atoms with E-state index in [1.54, 1.807) is 4.31 Å². The van der Waals surface area contributed by atoms with E-state index in [1.165, 1.54) is 37.4 Å². The first-order chi connectivity index (χ1) is 21.0. The number of benzene rings is 2. The van der Waals surface area contributed by atoms with Gasteiger partial charge in [0.2, 0.25) is 5.91 Å². The lowest BCUT2D eigenvalue weighted by Gasteiger charge is -2.49. The molecule has 3 unspecified atom stereocenters. The molecule has 14 heteroatoms. The molecule has 0 aliphatic carbocycles. The van der Waals surface area contributed by atoms with Crippen molar-refractivity contribution in [2.75, 3.05) is 44.6 Å². The van der Waals surface area contributed by atoms with Crippen LogP contribution in [0.2, 0.25) is 0 Å². The van der Waals surface area contributed by atoms with Gasteiger partial charge in [-0.25, -0.2) is 17.9 Å². The van der Waals surface area contributed by atoms with Crippen LogP contribution in [-0.2, 0) is 21.4 Å². The molecule has 44 heavy (non-hydrogen) atoms. The number of ether oxygens (including phenoxy) is 1. The van der Waals surface area contributed by atoms with Crippen LogP contribution in [0.5, 0.6) is 0 Å². The van der Waals surface area contributed by atoms with Crippen LogP contribution in [0.15, 0.2) is 42.5 Å². The van der Waals surface area contributed by atoms with E-state index in [0.717, 1.165) is 18.6 Å². The molecule has 2 aliphatic rings. The summed E-state index contributed by atoms with van der Waals surface area (Å²) in [6.07, 6.45) is 0.445. The fourth-order valence-electron chi connectivity index (χ4n) is 6.41. The molecule has 2 amide bonds. The number of fused-ring (bicyclic) bond motifs is 2. The Labute approximate surface area is 256 Å². The molecule has 2 aliphatic heterocycles. The van der Waals surface area contributed by atoms with E-state index in [9.17, 15) is 32.6 Å². The van der Waals surface area contributed by atoms with Crippen molar-refractivity contribution in [3.05, 3.63) is 65.2 Å². The minimum atomic E-state index is -2.96. The van der Waals surface area contributed by atoms with Crippen molar-refractivity contribution >= 4 is 28.5 Å². The monoisotopic (exact) mass is 642 g/mol. The number of piperazine rings is 1. The first-order valence-electron chi connectivity index (χ1n) is 14.7. The van der Waals surface area contributed by atoms with Crippen molar-refractivity contribution in [1.29, 1.82) is 0 Å². The van der Waals surface area contributed by atoms with Gasteiger partial charge in [0.05, 0.1) is 19.0 Å². The highest BCUT2D eigenvalue weighted by molar-refractivity contribution is 8.22. The summed E-state index contributed by atoms with van der Waals surface area (Å²) < 4.78 is 71.3. The van der Waals surface area contributed by atoms with E-state index in [-0.39, 0.29) is 55.0 Å². The molecule has 0 radical (unpaired) electrons. The van der Waals surface area contributed by atoms with Crippen molar-refractivity contribution in [1.82, 2.24) is 14.9 Å². The van der Waals surface area contributed by atoms with Crippen LogP contribution >= 0.6 is 10.8 Å². The highest BCUT2D eigenvalue weighted by Gasteiger charge is 2.46. The van der Waals surface area contributed by atoms with Gasteiger partial charge in [-0.1, -0.05) is 18.2 Å². The summed E-state index contributed by atoms with van der Waals surface area (Å²) in [5.74, 6) is -1.69. The molecule has 244 valence electrons. The molecule has 2 aromatic carbocycles. The van der Waals surface area contributed by atoms with Gasteiger partial charge in [-0.3, -0.25) is 18.3 Å². The van der Waals surface area contributed by atoms with Crippen LogP contribution < -0.4 is 16.0 Å². The number of alkyl halides is 1. The largest absolute Gasteiger partial charge is 0.465 e. The maximum absolute atomic E-state index is 15.3. The molecule has 4 rings (SSSR count). The number of nitrogens with zero attached hydrogens (tertiary/aromatic N) is 1. The third-order valence-electron chi connectivity index (χ3n) is 8.56. The van der Waals surface area contributed by atoms with Gasteiger partial charge < -0.3 is 25.8 Å². The minimum Gasteiger partial charge on any atom is -0.465 e. The normalized spacial score (nSPS) is 23.9. The maximum atomic E-state index is 15.3. The zero-order valence-corrected chi connectivity index (χ0v) is 25.4. The molecule has 5 atom stereocenters. The van der Waals surface area contributed by atoms with Gasteiger partial charge in [0.25, 0.3) is 0 Å². The Morgan fingerprint density at radius 3 is 2.64 bits per heavy atom. The second-order valence-electron chi connectivity index (χ2n) is 11.4. The number of rotatable bonds is 13. The number of amides is 2. The zero-order valence-electron chi connectivity index (χ0n) is 24.6. The van der Waals surface area contributed by atoms with Crippen molar-refractivity contribution in [2.45, 2.75) is 62.1 Å². The number of methoxy groups -OCH3 is 1. The molecule has 2 saturated heterocycles. The van der Waals surface area contributed by atoms with E-state index in [1.807, 2.05) is 0 Å². The highest BCUT2D eigenvalue weighted by atomic mass is 32.3. The summed E-state index contributed by atoms with van der Waals surface area (Å²) >= 11 is 0. The Morgan fingerprint density at radius 2 is 1.95 bits per heavy atom. The number of carboxylic acid groups (broad SMARTS) is 1. The molecule has 2 heterocycles. The molecular formula is C30H41F3N4O6S. The van der Waals surface area contributed by atoms with Gasteiger partial charge >= 0.3 is 6.09 Å². The lowest BCUT2D eigenvalue weighted by atomic mass is 9.71. The van der Waals surface area contributed by atoms with Crippen LogP contribution in [0.1, 0.15) is 43.2 Å². The summed E-state index contributed by atoms with van der Waals surface area (Å²) in [6.45, 7) is 0.0127. The van der Waals surface area contributed by atoms with Crippen LogP contribution in [0.25, 0.3) is 0 Å². The lowest BCUT2D eigenvalue weighted by molar-refractivity contribution is -0.120. The van der Waals surface area contributed by atoms with Crippen molar-refractivity contribution in [3.8, 4) is 0 Å². The van der Waals surface area contributed by atoms with E-state index in [4.69, 9.17) is 4.74 Å². The summed E-state index contributed by atoms with van der Waals surface area (Å²) in [5.41, 5.74) is -0.781.